The van der Waals surface area contributed by atoms with Gasteiger partial charge in [0.1, 0.15) is 17.7 Å². The van der Waals surface area contributed by atoms with Gasteiger partial charge in [0.05, 0.1) is 36.6 Å². The van der Waals surface area contributed by atoms with Crippen LogP contribution in [0.25, 0.3) is 10.8 Å². The topological polar surface area (TPSA) is 80.2 Å². The van der Waals surface area contributed by atoms with E-state index < -0.39 is 12.1 Å². The van der Waals surface area contributed by atoms with Crippen molar-refractivity contribution in [1.29, 1.82) is 0 Å². The van der Waals surface area contributed by atoms with Gasteiger partial charge in [-0.3, -0.25) is 9.78 Å². The molecule has 3 aromatic heterocycles. The fourth-order valence-corrected chi connectivity index (χ4v) is 3.69. The summed E-state index contributed by atoms with van der Waals surface area (Å²) in [5.41, 5.74) is 3.23. The molecule has 162 valence electrons. The van der Waals surface area contributed by atoms with Crippen molar-refractivity contribution < 1.29 is 13.9 Å². The first-order valence-electron chi connectivity index (χ1n) is 10.6. The summed E-state index contributed by atoms with van der Waals surface area (Å²) in [6.07, 6.45) is 4.42. The lowest BCUT2D eigenvalue weighted by Gasteiger charge is -2.28. The monoisotopic (exact) mass is 431 g/mol. The predicted molar refractivity (Wildman–Crippen MR) is 119 cm³/mol. The van der Waals surface area contributed by atoms with E-state index in [1.54, 1.807) is 18.5 Å². The van der Waals surface area contributed by atoms with Crippen LogP contribution in [0.2, 0.25) is 0 Å². The van der Waals surface area contributed by atoms with Gasteiger partial charge in [-0.25, -0.2) is 14.4 Å². The molecule has 1 saturated carbocycles. The highest BCUT2D eigenvalue weighted by atomic mass is 19.1. The largest absolute Gasteiger partial charge is 0.378 e. The van der Waals surface area contributed by atoms with Crippen LogP contribution in [0.1, 0.15) is 23.4 Å². The first-order valence-corrected chi connectivity index (χ1v) is 10.6. The molecule has 5 rings (SSSR count). The number of hydrogen-bond donors (Lipinski definition) is 1. The Morgan fingerprint density at radius 2 is 1.94 bits per heavy atom. The number of amides is 1. The highest BCUT2D eigenvalue weighted by Crippen LogP contribution is 2.34. The summed E-state index contributed by atoms with van der Waals surface area (Å²) in [4.78, 5) is 27.5. The van der Waals surface area contributed by atoms with E-state index in [0.29, 0.717) is 17.1 Å². The predicted octanol–water partition coefficient (Wildman–Crippen LogP) is 2.87. The van der Waals surface area contributed by atoms with Gasteiger partial charge in [0, 0.05) is 41.9 Å². The van der Waals surface area contributed by atoms with Crippen molar-refractivity contribution in [2.75, 3.05) is 36.5 Å². The first-order chi connectivity index (χ1) is 15.6. The Balaban J connectivity index is 1.40. The molecular formula is C24H22FN5O2. The van der Waals surface area contributed by atoms with Gasteiger partial charge in [-0.2, -0.15) is 0 Å². The van der Waals surface area contributed by atoms with Gasteiger partial charge in [-0.1, -0.05) is 5.92 Å². The minimum atomic E-state index is -1.05. The lowest BCUT2D eigenvalue weighted by molar-refractivity contribution is -0.117. The summed E-state index contributed by atoms with van der Waals surface area (Å²) in [5, 5.41) is 4.37. The van der Waals surface area contributed by atoms with E-state index >= 15 is 0 Å². The fraction of sp³-hybridized carbons (Fsp3) is 0.333. The molecule has 0 radical (unpaired) electrons. The summed E-state index contributed by atoms with van der Waals surface area (Å²) < 4.78 is 18.6. The minimum absolute atomic E-state index is 0.274. The number of halogens is 1. The summed E-state index contributed by atoms with van der Waals surface area (Å²) in [5.74, 6) is 5.70. The number of nitrogens with zero attached hydrogens (tertiary/aromatic N) is 4. The third kappa shape index (κ3) is 4.25. The van der Waals surface area contributed by atoms with Crippen molar-refractivity contribution in [3.63, 3.8) is 0 Å². The van der Waals surface area contributed by atoms with Crippen LogP contribution in [-0.4, -0.2) is 53.3 Å². The summed E-state index contributed by atoms with van der Waals surface area (Å²) in [6.45, 7) is 5.05. The molecule has 1 saturated heterocycles. The van der Waals surface area contributed by atoms with Crippen molar-refractivity contribution in [2.24, 2.45) is 5.92 Å². The molecule has 0 bridgehead atoms. The second-order valence-corrected chi connectivity index (χ2v) is 7.97. The highest BCUT2D eigenvalue weighted by molar-refractivity contribution is 5.97. The van der Waals surface area contributed by atoms with Gasteiger partial charge < -0.3 is 15.0 Å². The number of ether oxygens (including phenoxy) is 1. The average molecular weight is 431 g/mol. The summed E-state index contributed by atoms with van der Waals surface area (Å²) in [6, 6.07) is 5.68. The molecule has 4 heterocycles. The zero-order chi connectivity index (χ0) is 22.1. The number of alkyl halides is 1. The Kier molecular flexibility index (Phi) is 5.41. The maximum absolute atomic E-state index is 13.2. The van der Waals surface area contributed by atoms with E-state index in [2.05, 4.69) is 37.0 Å². The summed E-state index contributed by atoms with van der Waals surface area (Å²) >= 11 is 0. The van der Waals surface area contributed by atoms with Crippen LogP contribution in [0, 0.1) is 24.7 Å². The number of carbonyl (C=O) groups is 1. The van der Waals surface area contributed by atoms with Crippen LogP contribution >= 0.6 is 0 Å². The van der Waals surface area contributed by atoms with Crippen molar-refractivity contribution >= 4 is 28.2 Å². The molecule has 1 amide bonds. The number of aryl methyl sites for hydroxylation is 1. The Labute approximate surface area is 185 Å². The lowest BCUT2D eigenvalue weighted by Crippen LogP contribution is -2.36. The molecule has 32 heavy (non-hydrogen) atoms. The lowest BCUT2D eigenvalue weighted by atomic mass is 10.1. The molecule has 2 aliphatic rings. The van der Waals surface area contributed by atoms with Gasteiger partial charge >= 0.3 is 0 Å². The van der Waals surface area contributed by atoms with E-state index in [1.807, 2.05) is 25.3 Å². The third-order valence-corrected chi connectivity index (χ3v) is 5.72. The number of morpholine rings is 1. The Hall–Kier alpha value is -3.57. The van der Waals surface area contributed by atoms with Gasteiger partial charge in [0.2, 0.25) is 5.91 Å². The molecule has 0 spiro atoms. The molecule has 0 aromatic carbocycles. The fourth-order valence-electron chi connectivity index (χ4n) is 3.69. The molecule has 8 heteroatoms. The number of rotatable bonds is 3. The molecule has 7 nitrogen and oxygen atoms in total. The van der Waals surface area contributed by atoms with Crippen LogP contribution in [0.5, 0.6) is 0 Å². The Morgan fingerprint density at radius 3 is 2.66 bits per heavy atom. The number of pyridine rings is 3. The SMILES string of the molecule is Cc1ncc(C#Cc2ccc(N3CCOCC3)cn2)c2cc(NC(=O)[C@H]3C[C@H]3F)ncc12. The van der Waals surface area contributed by atoms with E-state index in [4.69, 9.17) is 4.74 Å². The highest BCUT2D eigenvalue weighted by Gasteiger charge is 2.43. The normalized spacial score (nSPS) is 19.9. The van der Waals surface area contributed by atoms with Crippen LogP contribution in [-0.2, 0) is 9.53 Å². The quantitative estimate of drug-likeness (QED) is 0.643. The number of fused-ring (bicyclic) bond motifs is 1. The van der Waals surface area contributed by atoms with E-state index in [9.17, 15) is 9.18 Å². The standard InChI is InChI=1S/C24H22FN5O2/c1-15-21-14-28-23(29-24(31)20-10-22(20)25)11-19(21)16(12-26-15)2-3-17-4-5-18(13-27-17)30-6-8-32-9-7-30/h4-5,11-14,20,22H,6-10H2,1H3,(H,28,29,31)/t20-,22+/m0/s1. The van der Waals surface area contributed by atoms with Gasteiger partial charge in [-0.05, 0) is 37.5 Å². The Bertz CT molecular complexity index is 1230. The van der Waals surface area contributed by atoms with Crippen LogP contribution in [0.4, 0.5) is 15.9 Å². The minimum Gasteiger partial charge on any atom is -0.378 e. The first kappa shape index (κ1) is 20.3. The van der Waals surface area contributed by atoms with Crippen molar-refractivity contribution in [3.05, 3.63) is 53.7 Å². The second-order valence-electron chi connectivity index (χ2n) is 7.97. The number of hydrogen-bond acceptors (Lipinski definition) is 6. The molecule has 2 fully saturated rings. The smallest absolute Gasteiger partial charge is 0.231 e. The molecule has 2 atom stereocenters. The van der Waals surface area contributed by atoms with E-state index in [1.165, 1.54) is 0 Å². The number of aromatic nitrogens is 3. The van der Waals surface area contributed by atoms with Crippen LogP contribution in [0.3, 0.4) is 0 Å². The van der Waals surface area contributed by atoms with E-state index in [-0.39, 0.29) is 12.3 Å². The third-order valence-electron chi connectivity index (χ3n) is 5.72. The van der Waals surface area contributed by atoms with Crippen LogP contribution in [0.15, 0.2) is 36.8 Å². The molecule has 1 aliphatic heterocycles. The Morgan fingerprint density at radius 1 is 1.12 bits per heavy atom. The van der Waals surface area contributed by atoms with Crippen molar-refractivity contribution in [3.8, 4) is 11.8 Å². The number of carbonyl (C=O) groups excluding carboxylic acids is 1. The number of nitrogens with one attached hydrogen (secondary N) is 1. The maximum Gasteiger partial charge on any atom is 0.231 e. The van der Waals surface area contributed by atoms with Crippen molar-refractivity contribution in [1.82, 2.24) is 15.0 Å². The number of anilines is 2. The molecule has 1 N–H and O–H groups in total. The molecule has 0 unspecified atom stereocenters. The van der Waals surface area contributed by atoms with Crippen molar-refractivity contribution in [2.45, 2.75) is 19.5 Å². The molecule has 3 aromatic rings. The van der Waals surface area contributed by atoms with E-state index in [0.717, 1.165) is 48.5 Å². The van der Waals surface area contributed by atoms with Gasteiger partial charge in [0.25, 0.3) is 0 Å². The molecular weight excluding hydrogens is 409 g/mol. The van der Waals surface area contributed by atoms with Gasteiger partial charge in [-0.15, -0.1) is 0 Å². The van der Waals surface area contributed by atoms with Crippen LogP contribution < -0.4 is 10.2 Å². The second kappa shape index (κ2) is 8.52. The van der Waals surface area contributed by atoms with Gasteiger partial charge in [0.15, 0.2) is 0 Å². The maximum atomic E-state index is 13.2. The average Bonchev–Trinajstić information content (AvgIpc) is 3.56. The zero-order valence-electron chi connectivity index (χ0n) is 17.6. The summed E-state index contributed by atoms with van der Waals surface area (Å²) in [7, 11) is 0. The molecule has 1 aliphatic carbocycles. The zero-order valence-corrected chi connectivity index (χ0v) is 17.6.